The minimum atomic E-state index is -0.723. The molecule has 2 aromatic carbocycles. The van der Waals surface area contributed by atoms with Crippen LogP contribution in [0.1, 0.15) is 28.8 Å². The molecular weight excluding hydrogens is 445 g/mol. The zero-order valence-electron chi connectivity index (χ0n) is 17.5. The number of nitriles is 1. The first kappa shape index (κ1) is 20.9. The number of carbonyl (C=O) groups is 1. The third kappa shape index (κ3) is 3.66. The van der Waals surface area contributed by atoms with Gasteiger partial charge in [0.2, 0.25) is 5.91 Å². The molecule has 1 amide bonds. The van der Waals surface area contributed by atoms with Crippen LogP contribution in [0.2, 0.25) is 5.02 Å². The van der Waals surface area contributed by atoms with E-state index in [1.807, 2.05) is 12.1 Å². The number of nitrogens with zero attached hydrogens (tertiary/aromatic N) is 4. The molecule has 33 heavy (non-hydrogen) atoms. The lowest BCUT2D eigenvalue weighted by Crippen LogP contribution is -2.11. The molecule has 0 unspecified atom stereocenters. The average Bonchev–Trinajstić information content (AvgIpc) is 3.54. The molecule has 1 fully saturated rings. The van der Waals surface area contributed by atoms with Gasteiger partial charge in [-0.2, -0.15) is 10.4 Å². The summed E-state index contributed by atoms with van der Waals surface area (Å²) >= 11 is 6.20. The Morgan fingerprint density at radius 2 is 2.09 bits per heavy atom. The maximum absolute atomic E-state index is 15.4. The van der Waals surface area contributed by atoms with Gasteiger partial charge in [0, 0.05) is 30.3 Å². The highest BCUT2D eigenvalue weighted by molar-refractivity contribution is 6.31. The van der Waals surface area contributed by atoms with Crippen molar-refractivity contribution in [2.75, 3.05) is 0 Å². The van der Waals surface area contributed by atoms with E-state index in [0.29, 0.717) is 27.7 Å². The molecule has 0 bridgehead atoms. The lowest BCUT2D eigenvalue weighted by Gasteiger charge is -2.15. The molecule has 164 valence electrons. The van der Waals surface area contributed by atoms with Gasteiger partial charge in [-0.05, 0) is 36.6 Å². The molecule has 7 nitrogen and oxygen atoms in total. The maximum atomic E-state index is 15.4. The largest absolute Gasteiger partial charge is 0.489 e. The zero-order chi connectivity index (χ0) is 23.3. The molecule has 0 radical (unpaired) electrons. The second-order valence-corrected chi connectivity index (χ2v) is 8.28. The molecule has 0 atom stereocenters. The van der Waals surface area contributed by atoms with E-state index in [1.165, 1.54) is 16.9 Å². The Morgan fingerprint density at radius 1 is 1.30 bits per heavy atom. The summed E-state index contributed by atoms with van der Waals surface area (Å²) in [6, 6.07) is 10.5. The lowest BCUT2D eigenvalue weighted by molar-refractivity contribution is 0.1000. The summed E-state index contributed by atoms with van der Waals surface area (Å²) in [4.78, 5) is 15.8. The van der Waals surface area contributed by atoms with Crippen molar-refractivity contribution in [2.24, 2.45) is 12.8 Å². The van der Waals surface area contributed by atoms with E-state index < -0.39 is 11.7 Å². The number of hydrogen-bond donors (Lipinski definition) is 1. The van der Waals surface area contributed by atoms with Crippen LogP contribution >= 0.6 is 11.6 Å². The third-order valence-corrected chi connectivity index (χ3v) is 5.84. The number of primary amides is 1. The standard InChI is InChI=1S/C24H17ClFN5O2/c1-31-23(21-16(9-27)20(33-15-3-4-15)8-18(25)22(21)26)17(11-30-31)12-2-5-19-13(6-12)7-14(10-29-19)24(28)32/h2,5-8,10-11,15H,3-4H2,1H3,(H2,28,32). The normalized spacial score (nSPS) is 13.2. The third-order valence-electron chi connectivity index (χ3n) is 5.57. The van der Waals surface area contributed by atoms with Crippen LogP contribution < -0.4 is 10.5 Å². The lowest BCUT2D eigenvalue weighted by atomic mass is 9.96. The van der Waals surface area contributed by atoms with Gasteiger partial charge >= 0.3 is 0 Å². The number of rotatable bonds is 5. The number of halogens is 2. The van der Waals surface area contributed by atoms with Crippen molar-refractivity contribution in [2.45, 2.75) is 18.9 Å². The van der Waals surface area contributed by atoms with Gasteiger partial charge in [0.25, 0.3) is 0 Å². The highest BCUT2D eigenvalue weighted by Gasteiger charge is 2.29. The Kier molecular flexibility index (Phi) is 4.99. The molecule has 0 aliphatic heterocycles. The van der Waals surface area contributed by atoms with E-state index >= 15 is 4.39 Å². The number of pyridine rings is 1. The number of ether oxygens (including phenoxy) is 1. The summed E-state index contributed by atoms with van der Waals surface area (Å²) in [7, 11) is 1.66. The predicted molar refractivity (Wildman–Crippen MR) is 121 cm³/mol. The summed E-state index contributed by atoms with van der Waals surface area (Å²) in [6.45, 7) is 0. The molecule has 2 aromatic heterocycles. The minimum absolute atomic E-state index is 0.00456. The van der Waals surface area contributed by atoms with E-state index in [1.54, 1.807) is 25.4 Å². The van der Waals surface area contributed by atoms with Crippen LogP contribution in [-0.2, 0) is 7.05 Å². The Hall–Kier alpha value is -3.96. The van der Waals surface area contributed by atoms with Crippen LogP contribution in [0.5, 0.6) is 5.75 Å². The van der Waals surface area contributed by atoms with Gasteiger partial charge < -0.3 is 10.5 Å². The fourth-order valence-corrected chi connectivity index (χ4v) is 3.97. The predicted octanol–water partition coefficient (Wildman–Crippen LogP) is 4.61. The fourth-order valence-electron chi connectivity index (χ4n) is 3.77. The smallest absolute Gasteiger partial charge is 0.250 e. The van der Waals surface area contributed by atoms with Crippen LogP contribution in [0, 0.1) is 17.1 Å². The first-order chi connectivity index (χ1) is 15.9. The fraction of sp³-hybridized carbons (Fsp3) is 0.167. The number of hydrogen-bond acceptors (Lipinski definition) is 5. The van der Waals surface area contributed by atoms with Gasteiger partial charge in [-0.15, -0.1) is 0 Å². The highest BCUT2D eigenvalue weighted by Crippen LogP contribution is 2.42. The van der Waals surface area contributed by atoms with E-state index in [2.05, 4.69) is 16.2 Å². The van der Waals surface area contributed by atoms with Crippen molar-refractivity contribution in [3.8, 4) is 34.2 Å². The second-order valence-electron chi connectivity index (χ2n) is 7.88. The Balaban J connectivity index is 1.72. The summed E-state index contributed by atoms with van der Waals surface area (Å²) < 4.78 is 22.7. The monoisotopic (exact) mass is 461 g/mol. The zero-order valence-corrected chi connectivity index (χ0v) is 18.2. The van der Waals surface area contributed by atoms with Gasteiger partial charge in [0.1, 0.15) is 17.4 Å². The second kappa shape index (κ2) is 7.87. The van der Waals surface area contributed by atoms with Crippen LogP contribution in [0.4, 0.5) is 4.39 Å². The number of nitrogens with two attached hydrogens (primary N) is 1. The highest BCUT2D eigenvalue weighted by atomic mass is 35.5. The molecule has 2 heterocycles. The molecule has 1 aliphatic rings. The number of fused-ring (bicyclic) bond motifs is 1. The Bertz CT molecular complexity index is 1490. The summed E-state index contributed by atoms with van der Waals surface area (Å²) in [6.07, 6.45) is 4.77. The Labute approximate surface area is 193 Å². The summed E-state index contributed by atoms with van der Waals surface area (Å²) in [5, 5.41) is 14.8. The number of carbonyl (C=O) groups excluding carboxylic acids is 1. The van der Waals surface area contributed by atoms with Crippen molar-refractivity contribution in [3.05, 3.63) is 64.7 Å². The quantitative estimate of drug-likeness (QED) is 0.467. The number of amides is 1. The van der Waals surface area contributed by atoms with Gasteiger partial charge in [0.05, 0.1) is 39.7 Å². The molecule has 1 aliphatic carbocycles. The summed E-state index contributed by atoms with van der Waals surface area (Å²) in [5.74, 6) is -1.05. The van der Waals surface area contributed by atoms with Crippen LogP contribution in [0.25, 0.3) is 33.3 Å². The van der Waals surface area contributed by atoms with E-state index in [0.717, 1.165) is 12.8 Å². The molecule has 4 aromatic rings. The maximum Gasteiger partial charge on any atom is 0.250 e. The van der Waals surface area contributed by atoms with Crippen molar-refractivity contribution in [3.63, 3.8) is 0 Å². The van der Waals surface area contributed by atoms with Gasteiger partial charge in [-0.25, -0.2) is 4.39 Å². The number of aryl methyl sites for hydroxylation is 1. The first-order valence-electron chi connectivity index (χ1n) is 10.2. The van der Waals surface area contributed by atoms with Crippen molar-refractivity contribution >= 4 is 28.4 Å². The van der Waals surface area contributed by atoms with E-state index in [4.69, 9.17) is 22.1 Å². The SMILES string of the molecule is Cn1ncc(-c2ccc3ncc(C(N)=O)cc3c2)c1-c1c(F)c(Cl)cc(OC2CC2)c1C#N. The van der Waals surface area contributed by atoms with E-state index in [9.17, 15) is 10.1 Å². The van der Waals surface area contributed by atoms with Crippen LogP contribution in [0.3, 0.4) is 0 Å². The molecule has 0 spiro atoms. The topological polar surface area (TPSA) is 107 Å². The van der Waals surface area contributed by atoms with Crippen molar-refractivity contribution in [1.29, 1.82) is 5.26 Å². The molecule has 5 rings (SSSR count). The molecule has 0 saturated heterocycles. The van der Waals surface area contributed by atoms with Crippen LogP contribution in [-0.4, -0.2) is 26.8 Å². The Morgan fingerprint density at radius 3 is 2.79 bits per heavy atom. The van der Waals surface area contributed by atoms with E-state index in [-0.39, 0.29) is 33.6 Å². The summed E-state index contributed by atoms with van der Waals surface area (Å²) in [5.41, 5.74) is 8.08. The van der Waals surface area contributed by atoms with Gasteiger partial charge in [-0.1, -0.05) is 17.7 Å². The number of benzene rings is 2. The molecular formula is C24H17ClFN5O2. The molecule has 9 heteroatoms. The van der Waals surface area contributed by atoms with Crippen molar-refractivity contribution < 1.29 is 13.9 Å². The van der Waals surface area contributed by atoms with Gasteiger partial charge in [0.15, 0.2) is 5.82 Å². The van der Waals surface area contributed by atoms with Crippen LogP contribution in [0.15, 0.2) is 42.7 Å². The van der Waals surface area contributed by atoms with Gasteiger partial charge in [-0.3, -0.25) is 14.5 Å². The first-order valence-corrected chi connectivity index (χ1v) is 10.6. The molecule has 1 saturated carbocycles. The average molecular weight is 462 g/mol. The molecule has 2 N–H and O–H groups in total. The number of aromatic nitrogens is 3. The van der Waals surface area contributed by atoms with Crippen molar-refractivity contribution in [1.82, 2.24) is 14.8 Å². The minimum Gasteiger partial charge on any atom is -0.489 e.